The van der Waals surface area contributed by atoms with Crippen LogP contribution in [0.15, 0.2) is 18.5 Å². The quantitative estimate of drug-likeness (QED) is 0.637. The molecule has 2 atom stereocenters. The number of ether oxygens (including phenoxy) is 2. The molecule has 0 aliphatic carbocycles. The minimum atomic E-state index is -4.47. The number of halogens is 3. The van der Waals surface area contributed by atoms with Crippen molar-refractivity contribution in [2.24, 2.45) is 5.84 Å². The van der Waals surface area contributed by atoms with Gasteiger partial charge in [0.25, 0.3) is 0 Å². The summed E-state index contributed by atoms with van der Waals surface area (Å²) in [7, 11) is 0. The summed E-state index contributed by atoms with van der Waals surface area (Å²) in [5.74, 6) is 5.37. The van der Waals surface area contributed by atoms with Crippen molar-refractivity contribution in [3.63, 3.8) is 0 Å². The maximum atomic E-state index is 12.9. The fraction of sp³-hybridized carbons (Fsp3) is 0.545. The Labute approximate surface area is 107 Å². The number of aromatic nitrogens is 1. The number of hydrogen-bond donors (Lipinski definition) is 2. The van der Waals surface area contributed by atoms with Crippen molar-refractivity contribution in [1.29, 1.82) is 0 Å². The Morgan fingerprint density at radius 3 is 2.79 bits per heavy atom. The lowest BCUT2D eigenvalue weighted by Crippen LogP contribution is -2.44. The third-order valence-corrected chi connectivity index (χ3v) is 2.89. The zero-order valence-corrected chi connectivity index (χ0v) is 9.98. The van der Waals surface area contributed by atoms with Gasteiger partial charge in [-0.3, -0.25) is 16.3 Å². The van der Waals surface area contributed by atoms with Crippen LogP contribution < -0.4 is 11.3 Å². The third-order valence-electron chi connectivity index (χ3n) is 2.89. The molecule has 1 fully saturated rings. The highest BCUT2D eigenvalue weighted by Crippen LogP contribution is 2.35. The molecule has 0 amide bonds. The first-order chi connectivity index (χ1) is 9.04. The Balaban J connectivity index is 2.32. The number of hydrogen-bond acceptors (Lipinski definition) is 5. The minimum absolute atomic E-state index is 0.0481. The van der Waals surface area contributed by atoms with Crippen molar-refractivity contribution < 1.29 is 22.6 Å². The van der Waals surface area contributed by atoms with E-state index in [2.05, 4.69) is 10.4 Å². The summed E-state index contributed by atoms with van der Waals surface area (Å²) in [5, 5.41) is 0. The second-order valence-corrected chi connectivity index (χ2v) is 4.09. The number of nitrogens with zero attached hydrogens (tertiary/aromatic N) is 1. The summed E-state index contributed by atoms with van der Waals surface area (Å²) >= 11 is 0. The average molecular weight is 277 g/mol. The van der Waals surface area contributed by atoms with Gasteiger partial charge in [-0.05, 0) is 6.07 Å². The molecular formula is C11H14F3N3O2. The van der Waals surface area contributed by atoms with Gasteiger partial charge in [-0.2, -0.15) is 13.2 Å². The number of pyridine rings is 1. The largest absolute Gasteiger partial charge is 0.416 e. The van der Waals surface area contributed by atoms with E-state index in [0.29, 0.717) is 13.2 Å². The average Bonchev–Trinajstić information content (AvgIpc) is 2.40. The second-order valence-electron chi connectivity index (χ2n) is 4.09. The normalized spacial score (nSPS) is 22.2. The van der Waals surface area contributed by atoms with Crippen molar-refractivity contribution in [3.05, 3.63) is 29.6 Å². The van der Waals surface area contributed by atoms with Crippen LogP contribution in [0.5, 0.6) is 0 Å². The number of hydrazine groups is 1. The first-order valence-electron chi connectivity index (χ1n) is 5.70. The molecule has 1 aliphatic rings. The third kappa shape index (κ3) is 3.21. The molecule has 0 saturated carbocycles. The molecule has 0 radical (unpaired) electrons. The maximum absolute atomic E-state index is 12.9. The SMILES string of the molecule is NNC(c1cnccc1C(F)(F)F)C1COCCO1. The van der Waals surface area contributed by atoms with Gasteiger partial charge in [0.1, 0.15) is 6.10 Å². The lowest BCUT2D eigenvalue weighted by atomic mass is 9.98. The van der Waals surface area contributed by atoms with Gasteiger partial charge >= 0.3 is 6.18 Å². The van der Waals surface area contributed by atoms with Crippen molar-refractivity contribution in [1.82, 2.24) is 10.4 Å². The van der Waals surface area contributed by atoms with Crippen LogP contribution in [0.1, 0.15) is 17.2 Å². The van der Waals surface area contributed by atoms with Crippen molar-refractivity contribution in [2.75, 3.05) is 19.8 Å². The Hall–Kier alpha value is -1.22. The lowest BCUT2D eigenvalue weighted by molar-refractivity contribution is -0.140. The Bertz CT molecular complexity index is 422. The second kappa shape index (κ2) is 5.83. The van der Waals surface area contributed by atoms with Gasteiger partial charge in [-0.1, -0.05) is 0 Å². The van der Waals surface area contributed by atoms with E-state index in [-0.39, 0.29) is 12.2 Å². The predicted octanol–water partition coefficient (Wildman–Crippen LogP) is 1.02. The molecule has 106 valence electrons. The molecule has 1 saturated heterocycles. The summed E-state index contributed by atoms with van der Waals surface area (Å²) in [6.45, 7) is 0.929. The number of nitrogens with two attached hydrogens (primary N) is 1. The molecule has 1 aromatic heterocycles. The monoisotopic (exact) mass is 277 g/mol. The summed E-state index contributed by atoms with van der Waals surface area (Å²) < 4.78 is 49.4. The smallest absolute Gasteiger partial charge is 0.376 e. The lowest BCUT2D eigenvalue weighted by Gasteiger charge is -2.31. The van der Waals surface area contributed by atoms with E-state index < -0.39 is 23.9 Å². The van der Waals surface area contributed by atoms with Crippen molar-refractivity contribution >= 4 is 0 Å². The van der Waals surface area contributed by atoms with E-state index in [1.54, 1.807) is 0 Å². The van der Waals surface area contributed by atoms with Gasteiger partial charge in [0, 0.05) is 18.0 Å². The van der Waals surface area contributed by atoms with Gasteiger partial charge in [0.05, 0.1) is 31.4 Å². The molecule has 2 unspecified atom stereocenters. The topological polar surface area (TPSA) is 69.4 Å². The van der Waals surface area contributed by atoms with Crippen LogP contribution in [0, 0.1) is 0 Å². The van der Waals surface area contributed by atoms with E-state index in [4.69, 9.17) is 15.3 Å². The molecule has 19 heavy (non-hydrogen) atoms. The summed E-state index contributed by atoms with van der Waals surface area (Å²) in [6.07, 6.45) is -2.81. The Kier molecular flexibility index (Phi) is 4.35. The van der Waals surface area contributed by atoms with Crippen LogP contribution >= 0.6 is 0 Å². The van der Waals surface area contributed by atoms with Gasteiger partial charge in [0.15, 0.2) is 0 Å². The molecule has 0 spiro atoms. The highest BCUT2D eigenvalue weighted by atomic mass is 19.4. The predicted molar refractivity (Wildman–Crippen MR) is 59.9 cm³/mol. The van der Waals surface area contributed by atoms with E-state index >= 15 is 0 Å². The minimum Gasteiger partial charge on any atom is -0.376 e. The number of rotatable bonds is 3. The molecule has 3 N–H and O–H groups in total. The summed E-state index contributed by atoms with van der Waals surface area (Å²) in [6, 6.07) is 0.0919. The highest BCUT2D eigenvalue weighted by Gasteiger charge is 2.37. The van der Waals surface area contributed by atoms with Crippen LogP contribution in [0.2, 0.25) is 0 Å². The zero-order chi connectivity index (χ0) is 13.9. The van der Waals surface area contributed by atoms with Crippen LogP contribution in [0.25, 0.3) is 0 Å². The van der Waals surface area contributed by atoms with Crippen LogP contribution in [-0.2, 0) is 15.7 Å². The van der Waals surface area contributed by atoms with Crippen LogP contribution in [0.3, 0.4) is 0 Å². The first kappa shape index (κ1) is 14.2. The van der Waals surface area contributed by atoms with Crippen LogP contribution in [0.4, 0.5) is 13.2 Å². The van der Waals surface area contributed by atoms with Crippen molar-refractivity contribution in [2.45, 2.75) is 18.3 Å². The first-order valence-corrected chi connectivity index (χ1v) is 5.70. The maximum Gasteiger partial charge on any atom is 0.416 e. The van der Waals surface area contributed by atoms with Crippen molar-refractivity contribution in [3.8, 4) is 0 Å². The fourth-order valence-corrected chi connectivity index (χ4v) is 2.01. The summed E-state index contributed by atoms with van der Waals surface area (Å²) in [5.41, 5.74) is 1.53. The molecule has 8 heteroatoms. The van der Waals surface area contributed by atoms with Gasteiger partial charge in [-0.25, -0.2) is 0 Å². The molecule has 2 rings (SSSR count). The summed E-state index contributed by atoms with van der Waals surface area (Å²) in [4.78, 5) is 3.73. The molecule has 0 aromatic carbocycles. The molecule has 5 nitrogen and oxygen atoms in total. The van der Waals surface area contributed by atoms with Gasteiger partial charge < -0.3 is 9.47 Å². The number of nitrogens with one attached hydrogen (secondary N) is 1. The van der Waals surface area contributed by atoms with E-state index in [0.717, 1.165) is 18.5 Å². The fourth-order valence-electron chi connectivity index (χ4n) is 2.01. The molecule has 2 heterocycles. The van der Waals surface area contributed by atoms with E-state index in [1.165, 1.54) is 0 Å². The molecule has 0 bridgehead atoms. The Morgan fingerprint density at radius 1 is 1.42 bits per heavy atom. The molecule has 1 aromatic rings. The standard InChI is InChI=1S/C11H14F3N3O2/c12-11(13,14)8-1-2-16-5-7(8)10(17-15)9-6-18-3-4-19-9/h1-2,5,9-10,17H,3-4,6,15H2. The van der Waals surface area contributed by atoms with Crippen LogP contribution in [-0.4, -0.2) is 30.9 Å². The Morgan fingerprint density at radius 2 is 2.21 bits per heavy atom. The van der Waals surface area contributed by atoms with Gasteiger partial charge in [0.2, 0.25) is 0 Å². The highest BCUT2D eigenvalue weighted by molar-refractivity contribution is 5.30. The van der Waals surface area contributed by atoms with Gasteiger partial charge in [-0.15, -0.1) is 0 Å². The molecular weight excluding hydrogens is 263 g/mol. The molecule has 1 aliphatic heterocycles. The zero-order valence-electron chi connectivity index (χ0n) is 9.98. The van der Waals surface area contributed by atoms with E-state index in [9.17, 15) is 13.2 Å². The number of alkyl halides is 3. The van der Waals surface area contributed by atoms with E-state index in [1.807, 2.05) is 0 Å².